The highest BCUT2D eigenvalue weighted by Crippen LogP contribution is 2.21. The molecule has 0 aliphatic heterocycles. The van der Waals surface area contributed by atoms with Crippen LogP contribution < -0.4 is 4.74 Å². The van der Waals surface area contributed by atoms with Gasteiger partial charge in [-0.25, -0.2) is 9.78 Å². The molecule has 0 radical (unpaired) electrons. The third-order valence-corrected chi connectivity index (χ3v) is 3.90. The fraction of sp³-hybridized carbons (Fsp3) is 0.143. The van der Waals surface area contributed by atoms with Crippen molar-refractivity contribution in [2.45, 2.75) is 5.03 Å². The zero-order chi connectivity index (χ0) is 14.4. The summed E-state index contributed by atoms with van der Waals surface area (Å²) in [6.07, 6.45) is 1.59. The van der Waals surface area contributed by atoms with Gasteiger partial charge >= 0.3 is 5.97 Å². The highest BCUT2D eigenvalue weighted by atomic mass is 79.9. The van der Waals surface area contributed by atoms with Gasteiger partial charge in [0.05, 0.1) is 12.2 Å². The summed E-state index contributed by atoms with van der Waals surface area (Å²) in [5, 5.41) is 9.55. The fourth-order valence-electron chi connectivity index (χ4n) is 1.50. The highest BCUT2D eigenvalue weighted by Gasteiger charge is 2.10. The lowest BCUT2D eigenvalue weighted by molar-refractivity contribution is 0.0692. The Morgan fingerprint density at radius 3 is 2.75 bits per heavy atom. The smallest absolute Gasteiger partial charge is 0.338 e. The average Bonchev–Trinajstić information content (AvgIpc) is 2.46. The lowest BCUT2D eigenvalue weighted by Gasteiger charge is -2.07. The van der Waals surface area contributed by atoms with Gasteiger partial charge in [0.1, 0.15) is 10.8 Å². The number of carboxylic acids is 1. The Bertz CT molecular complexity index is 589. The van der Waals surface area contributed by atoms with Crippen LogP contribution in [0.25, 0.3) is 0 Å². The van der Waals surface area contributed by atoms with Gasteiger partial charge in [0.15, 0.2) is 0 Å². The van der Waals surface area contributed by atoms with Crippen LogP contribution in [0.4, 0.5) is 0 Å². The maximum Gasteiger partial charge on any atom is 0.338 e. The number of carbonyl (C=O) groups is 1. The maximum absolute atomic E-state index is 11.0. The third-order valence-electron chi connectivity index (χ3n) is 2.41. The van der Waals surface area contributed by atoms with Gasteiger partial charge in [0, 0.05) is 16.4 Å². The van der Waals surface area contributed by atoms with E-state index >= 15 is 0 Å². The number of nitrogens with zero attached hydrogens (tertiary/aromatic N) is 1. The molecule has 0 aliphatic rings. The van der Waals surface area contributed by atoms with E-state index in [9.17, 15) is 4.79 Å². The predicted molar refractivity (Wildman–Crippen MR) is 81.6 cm³/mol. The van der Waals surface area contributed by atoms with E-state index in [0.29, 0.717) is 17.4 Å². The normalized spacial score (nSPS) is 10.2. The summed E-state index contributed by atoms with van der Waals surface area (Å²) in [6.45, 7) is 0.488. The van der Waals surface area contributed by atoms with E-state index in [1.165, 1.54) is 11.8 Å². The Morgan fingerprint density at radius 2 is 2.05 bits per heavy atom. The lowest BCUT2D eigenvalue weighted by Crippen LogP contribution is -2.04. The van der Waals surface area contributed by atoms with E-state index in [-0.39, 0.29) is 5.56 Å². The molecule has 0 saturated carbocycles. The maximum atomic E-state index is 11.0. The molecule has 4 nitrogen and oxygen atoms in total. The molecule has 1 heterocycles. The Labute approximate surface area is 129 Å². The minimum Gasteiger partial charge on any atom is -0.493 e. The molecule has 0 amide bonds. The third kappa shape index (κ3) is 4.25. The molecule has 0 spiro atoms. The number of thioether (sulfide) groups is 1. The molecule has 104 valence electrons. The molecule has 20 heavy (non-hydrogen) atoms. The quantitative estimate of drug-likeness (QED) is 0.633. The first kappa shape index (κ1) is 14.9. The van der Waals surface area contributed by atoms with Gasteiger partial charge in [-0.15, -0.1) is 11.8 Å². The lowest BCUT2D eigenvalue weighted by atomic mass is 10.3. The summed E-state index contributed by atoms with van der Waals surface area (Å²) in [5.74, 6) is 0.454. The summed E-state index contributed by atoms with van der Waals surface area (Å²) in [4.78, 5) is 15.1. The Kier molecular flexibility index (Phi) is 5.43. The highest BCUT2D eigenvalue weighted by molar-refractivity contribution is 9.10. The summed E-state index contributed by atoms with van der Waals surface area (Å²) in [7, 11) is 0. The number of rotatable bonds is 6. The predicted octanol–water partition coefficient (Wildman–Crippen LogP) is 3.71. The number of benzene rings is 1. The van der Waals surface area contributed by atoms with E-state index in [4.69, 9.17) is 9.84 Å². The van der Waals surface area contributed by atoms with Crippen molar-refractivity contribution in [1.29, 1.82) is 0 Å². The van der Waals surface area contributed by atoms with Crippen LogP contribution in [0, 0.1) is 0 Å². The number of ether oxygens (including phenoxy) is 1. The standard InChI is InChI=1S/C14H12BrNO3S/c15-10-3-5-11(6-4-10)19-8-9-20-13-12(14(17)18)2-1-7-16-13/h1-7H,8-9H2,(H,17,18). The van der Waals surface area contributed by atoms with Gasteiger partial charge in [-0.1, -0.05) is 15.9 Å². The molecular weight excluding hydrogens is 342 g/mol. The number of aromatic carboxylic acids is 1. The summed E-state index contributed by atoms with van der Waals surface area (Å²) in [5.41, 5.74) is 0.223. The summed E-state index contributed by atoms with van der Waals surface area (Å²) >= 11 is 4.73. The Balaban J connectivity index is 1.84. The first-order valence-electron chi connectivity index (χ1n) is 5.86. The van der Waals surface area contributed by atoms with Crippen molar-refractivity contribution in [3.05, 3.63) is 52.6 Å². The second-order valence-electron chi connectivity index (χ2n) is 3.81. The minimum atomic E-state index is -0.963. The Morgan fingerprint density at radius 1 is 1.30 bits per heavy atom. The molecule has 1 aromatic heterocycles. The van der Waals surface area contributed by atoms with E-state index in [1.807, 2.05) is 24.3 Å². The molecule has 0 bridgehead atoms. The van der Waals surface area contributed by atoms with Gasteiger partial charge in [-0.05, 0) is 36.4 Å². The van der Waals surface area contributed by atoms with Crippen LogP contribution in [-0.2, 0) is 0 Å². The average molecular weight is 354 g/mol. The molecule has 2 rings (SSSR count). The first-order chi connectivity index (χ1) is 9.66. The topological polar surface area (TPSA) is 59.4 Å². The number of halogens is 1. The van der Waals surface area contributed by atoms with Gasteiger partial charge in [-0.2, -0.15) is 0 Å². The zero-order valence-corrected chi connectivity index (χ0v) is 12.9. The molecule has 0 aliphatic carbocycles. The van der Waals surface area contributed by atoms with Crippen molar-refractivity contribution in [1.82, 2.24) is 4.98 Å². The molecule has 1 aromatic carbocycles. The van der Waals surface area contributed by atoms with E-state index in [2.05, 4.69) is 20.9 Å². The van der Waals surface area contributed by atoms with Crippen molar-refractivity contribution in [3.8, 4) is 5.75 Å². The zero-order valence-electron chi connectivity index (χ0n) is 10.5. The second kappa shape index (κ2) is 7.31. The van der Waals surface area contributed by atoms with Crippen molar-refractivity contribution < 1.29 is 14.6 Å². The van der Waals surface area contributed by atoms with Crippen molar-refractivity contribution in [3.63, 3.8) is 0 Å². The van der Waals surface area contributed by atoms with Crippen LogP contribution in [0.1, 0.15) is 10.4 Å². The summed E-state index contributed by atoms with van der Waals surface area (Å²) in [6, 6.07) is 10.7. The van der Waals surface area contributed by atoms with Crippen LogP contribution in [0.2, 0.25) is 0 Å². The molecule has 0 fully saturated rings. The molecule has 2 aromatic rings. The van der Waals surface area contributed by atoms with E-state index in [1.54, 1.807) is 18.3 Å². The number of aromatic nitrogens is 1. The van der Waals surface area contributed by atoms with Crippen molar-refractivity contribution in [2.75, 3.05) is 12.4 Å². The van der Waals surface area contributed by atoms with Crippen molar-refractivity contribution in [2.24, 2.45) is 0 Å². The molecular formula is C14H12BrNO3S. The minimum absolute atomic E-state index is 0.223. The number of carboxylic acid groups (broad SMARTS) is 1. The monoisotopic (exact) mass is 353 g/mol. The molecule has 0 atom stereocenters. The fourth-order valence-corrected chi connectivity index (χ4v) is 2.57. The molecule has 1 N–H and O–H groups in total. The SMILES string of the molecule is O=C(O)c1cccnc1SCCOc1ccc(Br)cc1. The van der Waals surface area contributed by atoms with Crippen LogP contribution in [0.15, 0.2) is 52.1 Å². The van der Waals surface area contributed by atoms with Gasteiger partial charge in [0.2, 0.25) is 0 Å². The van der Waals surface area contributed by atoms with Crippen LogP contribution in [0.3, 0.4) is 0 Å². The van der Waals surface area contributed by atoms with Gasteiger partial charge in [-0.3, -0.25) is 0 Å². The van der Waals surface area contributed by atoms with Crippen LogP contribution >= 0.6 is 27.7 Å². The number of hydrogen-bond donors (Lipinski definition) is 1. The Hall–Kier alpha value is -1.53. The largest absolute Gasteiger partial charge is 0.493 e. The van der Waals surface area contributed by atoms with Gasteiger partial charge in [0.25, 0.3) is 0 Å². The summed E-state index contributed by atoms with van der Waals surface area (Å²) < 4.78 is 6.57. The van der Waals surface area contributed by atoms with Crippen molar-refractivity contribution >= 4 is 33.7 Å². The number of hydrogen-bond acceptors (Lipinski definition) is 4. The van der Waals surface area contributed by atoms with Crippen LogP contribution in [0.5, 0.6) is 5.75 Å². The second-order valence-corrected chi connectivity index (χ2v) is 5.81. The van der Waals surface area contributed by atoms with E-state index in [0.717, 1.165) is 10.2 Å². The first-order valence-corrected chi connectivity index (χ1v) is 7.64. The van der Waals surface area contributed by atoms with E-state index < -0.39 is 5.97 Å². The molecule has 6 heteroatoms. The molecule has 0 saturated heterocycles. The van der Waals surface area contributed by atoms with Crippen LogP contribution in [-0.4, -0.2) is 28.4 Å². The number of pyridine rings is 1. The molecule has 0 unspecified atom stereocenters. The van der Waals surface area contributed by atoms with Gasteiger partial charge < -0.3 is 9.84 Å².